The Bertz CT molecular complexity index is 668. The number of nitrogens with one attached hydrogen (secondary N) is 2. The molecule has 6 heteroatoms. The van der Waals surface area contributed by atoms with Crippen LogP contribution in [0.3, 0.4) is 0 Å². The Morgan fingerprint density at radius 1 is 1.17 bits per heavy atom. The predicted octanol–water partition coefficient (Wildman–Crippen LogP) is 3.06. The molecule has 0 fully saturated rings. The first-order valence-electron chi connectivity index (χ1n) is 8.23. The highest BCUT2D eigenvalue weighted by Gasteiger charge is 2.21. The minimum Gasteiger partial charge on any atom is -0.326 e. The lowest BCUT2D eigenvalue weighted by Gasteiger charge is -2.19. The van der Waals surface area contributed by atoms with E-state index in [2.05, 4.69) is 23.9 Å². The summed E-state index contributed by atoms with van der Waals surface area (Å²) in [5.74, 6) is 0.611. The molecule has 128 valence electrons. The molecule has 0 radical (unpaired) electrons. The SMILES string of the molecule is CC(C)CCCC(C)NS(=O)(=O)c1ccc2c(c1)CCC(=O)N2. The van der Waals surface area contributed by atoms with E-state index in [0.29, 0.717) is 24.4 Å². The third kappa shape index (κ3) is 5.04. The largest absolute Gasteiger partial charge is 0.326 e. The van der Waals surface area contributed by atoms with E-state index in [0.717, 1.165) is 24.8 Å². The first kappa shape index (κ1) is 17.9. The number of rotatable bonds is 7. The van der Waals surface area contributed by atoms with E-state index in [9.17, 15) is 13.2 Å². The molecule has 23 heavy (non-hydrogen) atoms. The Morgan fingerprint density at radius 2 is 1.91 bits per heavy atom. The van der Waals surface area contributed by atoms with Crippen LogP contribution in [0.5, 0.6) is 0 Å². The molecule has 0 saturated heterocycles. The van der Waals surface area contributed by atoms with Gasteiger partial charge in [-0.1, -0.05) is 26.7 Å². The summed E-state index contributed by atoms with van der Waals surface area (Å²) >= 11 is 0. The van der Waals surface area contributed by atoms with Gasteiger partial charge in [-0.25, -0.2) is 13.1 Å². The average Bonchev–Trinajstić information content (AvgIpc) is 2.45. The van der Waals surface area contributed by atoms with Crippen LogP contribution in [0.25, 0.3) is 0 Å². The highest BCUT2D eigenvalue weighted by atomic mass is 32.2. The fourth-order valence-corrected chi connectivity index (χ4v) is 4.08. The zero-order valence-electron chi connectivity index (χ0n) is 14.1. The van der Waals surface area contributed by atoms with Gasteiger partial charge >= 0.3 is 0 Å². The van der Waals surface area contributed by atoms with Gasteiger partial charge in [0.2, 0.25) is 15.9 Å². The van der Waals surface area contributed by atoms with Crippen molar-refractivity contribution in [2.75, 3.05) is 5.32 Å². The summed E-state index contributed by atoms with van der Waals surface area (Å²) in [6.07, 6.45) is 3.92. The van der Waals surface area contributed by atoms with Gasteiger partial charge < -0.3 is 5.32 Å². The maximum Gasteiger partial charge on any atom is 0.240 e. The first-order chi connectivity index (χ1) is 10.8. The number of hydrogen-bond donors (Lipinski definition) is 2. The van der Waals surface area contributed by atoms with Gasteiger partial charge in [-0.2, -0.15) is 0 Å². The summed E-state index contributed by atoms with van der Waals surface area (Å²) < 4.78 is 27.7. The molecule has 1 aromatic carbocycles. The molecule has 0 bridgehead atoms. The molecule has 1 aromatic rings. The van der Waals surface area contributed by atoms with Gasteiger partial charge in [0, 0.05) is 18.2 Å². The summed E-state index contributed by atoms with van der Waals surface area (Å²) in [5, 5.41) is 2.76. The zero-order valence-corrected chi connectivity index (χ0v) is 14.9. The molecular weight excluding hydrogens is 312 g/mol. The Morgan fingerprint density at radius 3 is 2.61 bits per heavy atom. The lowest BCUT2D eigenvalue weighted by Crippen LogP contribution is -2.32. The molecule has 1 unspecified atom stereocenters. The van der Waals surface area contributed by atoms with E-state index in [1.54, 1.807) is 18.2 Å². The Labute approximate surface area is 138 Å². The van der Waals surface area contributed by atoms with Crippen LogP contribution in [0.4, 0.5) is 5.69 Å². The molecule has 1 aliphatic rings. The Balaban J connectivity index is 2.03. The van der Waals surface area contributed by atoms with Crippen molar-refractivity contribution in [3.05, 3.63) is 23.8 Å². The van der Waals surface area contributed by atoms with Crippen molar-refractivity contribution in [2.45, 2.75) is 63.8 Å². The number of carbonyl (C=O) groups is 1. The highest BCUT2D eigenvalue weighted by Crippen LogP contribution is 2.25. The third-order valence-electron chi connectivity index (χ3n) is 4.06. The predicted molar refractivity (Wildman–Crippen MR) is 91.9 cm³/mol. The molecule has 0 aliphatic carbocycles. The van der Waals surface area contributed by atoms with E-state index in [-0.39, 0.29) is 16.8 Å². The summed E-state index contributed by atoms with van der Waals surface area (Å²) in [4.78, 5) is 11.6. The van der Waals surface area contributed by atoms with Crippen LogP contribution in [0, 0.1) is 5.92 Å². The lowest BCUT2D eigenvalue weighted by atomic mass is 10.0. The molecule has 1 aliphatic heterocycles. The van der Waals surface area contributed by atoms with E-state index in [1.165, 1.54) is 0 Å². The van der Waals surface area contributed by atoms with Crippen molar-refractivity contribution in [1.82, 2.24) is 4.72 Å². The Hall–Kier alpha value is -1.40. The molecule has 2 rings (SSSR count). The zero-order chi connectivity index (χ0) is 17.0. The molecule has 1 heterocycles. The van der Waals surface area contributed by atoms with Gasteiger partial charge in [0.05, 0.1) is 4.90 Å². The molecule has 0 aromatic heterocycles. The second-order valence-electron chi connectivity index (χ2n) is 6.71. The van der Waals surface area contributed by atoms with E-state index < -0.39 is 10.0 Å². The van der Waals surface area contributed by atoms with Crippen molar-refractivity contribution in [3.63, 3.8) is 0 Å². The number of benzene rings is 1. The van der Waals surface area contributed by atoms with E-state index >= 15 is 0 Å². The minimum absolute atomic E-state index is 0.0231. The smallest absolute Gasteiger partial charge is 0.240 e. The van der Waals surface area contributed by atoms with Gasteiger partial charge in [-0.05, 0) is 49.4 Å². The van der Waals surface area contributed by atoms with E-state index in [1.807, 2.05) is 6.92 Å². The Kier molecular flexibility index (Phi) is 5.81. The molecule has 1 amide bonds. The molecule has 5 nitrogen and oxygen atoms in total. The topological polar surface area (TPSA) is 75.3 Å². The molecular formula is C17H26N2O3S. The summed E-state index contributed by atoms with van der Waals surface area (Å²) in [6, 6.07) is 4.80. The van der Waals surface area contributed by atoms with Crippen molar-refractivity contribution in [1.29, 1.82) is 0 Å². The third-order valence-corrected chi connectivity index (χ3v) is 5.64. The highest BCUT2D eigenvalue weighted by molar-refractivity contribution is 7.89. The van der Waals surface area contributed by atoms with Crippen molar-refractivity contribution >= 4 is 21.6 Å². The molecule has 1 atom stereocenters. The molecule has 0 spiro atoms. The van der Waals surface area contributed by atoms with Gasteiger partial charge in [-0.15, -0.1) is 0 Å². The van der Waals surface area contributed by atoms with Gasteiger partial charge in [0.25, 0.3) is 0 Å². The van der Waals surface area contributed by atoms with Crippen LogP contribution in [0.15, 0.2) is 23.1 Å². The van der Waals surface area contributed by atoms with Crippen LogP contribution >= 0.6 is 0 Å². The van der Waals surface area contributed by atoms with Gasteiger partial charge in [0.15, 0.2) is 0 Å². The number of carbonyl (C=O) groups excluding carboxylic acids is 1. The van der Waals surface area contributed by atoms with Crippen molar-refractivity contribution < 1.29 is 13.2 Å². The number of aryl methyl sites for hydroxylation is 1. The number of anilines is 1. The number of hydrogen-bond acceptors (Lipinski definition) is 3. The van der Waals surface area contributed by atoms with Gasteiger partial charge in [0.1, 0.15) is 0 Å². The second kappa shape index (κ2) is 7.45. The van der Waals surface area contributed by atoms with Crippen molar-refractivity contribution in [3.8, 4) is 0 Å². The van der Waals surface area contributed by atoms with Gasteiger partial charge in [-0.3, -0.25) is 4.79 Å². The minimum atomic E-state index is -3.52. The van der Waals surface area contributed by atoms with E-state index in [4.69, 9.17) is 0 Å². The number of fused-ring (bicyclic) bond motifs is 1. The van der Waals surface area contributed by atoms with Crippen LogP contribution in [-0.4, -0.2) is 20.4 Å². The van der Waals surface area contributed by atoms with Crippen LogP contribution in [0.2, 0.25) is 0 Å². The van der Waals surface area contributed by atoms with Crippen molar-refractivity contribution in [2.24, 2.45) is 5.92 Å². The molecule has 0 saturated carbocycles. The normalized spacial score (nSPS) is 16.1. The van der Waals surface area contributed by atoms with Crippen LogP contribution in [-0.2, 0) is 21.2 Å². The summed E-state index contributed by atoms with van der Waals surface area (Å²) in [6.45, 7) is 6.23. The maximum absolute atomic E-state index is 12.5. The fourth-order valence-electron chi connectivity index (χ4n) is 2.75. The number of amides is 1. The first-order valence-corrected chi connectivity index (χ1v) is 9.71. The quantitative estimate of drug-likeness (QED) is 0.802. The average molecular weight is 338 g/mol. The number of sulfonamides is 1. The monoisotopic (exact) mass is 338 g/mol. The second-order valence-corrected chi connectivity index (χ2v) is 8.43. The lowest BCUT2D eigenvalue weighted by molar-refractivity contribution is -0.116. The van der Waals surface area contributed by atoms with Crippen LogP contribution in [0.1, 0.15) is 52.0 Å². The summed E-state index contributed by atoms with van der Waals surface area (Å²) in [7, 11) is -3.52. The molecule has 2 N–H and O–H groups in total. The maximum atomic E-state index is 12.5. The standard InChI is InChI=1S/C17H26N2O3S/c1-12(2)5-4-6-13(3)19-23(21,22)15-8-9-16-14(11-15)7-10-17(20)18-16/h8-9,11-13,19H,4-7,10H2,1-3H3,(H,18,20). The fraction of sp³-hybridized carbons (Fsp3) is 0.588. The van der Waals surface area contributed by atoms with Crippen LogP contribution < -0.4 is 10.0 Å². The summed E-state index contributed by atoms with van der Waals surface area (Å²) in [5.41, 5.74) is 1.59.